The maximum absolute atomic E-state index is 12.4. The van der Waals surface area contributed by atoms with Gasteiger partial charge in [-0.05, 0) is 44.2 Å². The number of aryl methyl sites for hydroxylation is 1. The number of methoxy groups -OCH3 is 1. The quantitative estimate of drug-likeness (QED) is 0.834. The zero-order valence-corrected chi connectivity index (χ0v) is 11.9. The number of amides is 1. The van der Waals surface area contributed by atoms with Crippen LogP contribution in [0, 0.1) is 12.8 Å². The summed E-state index contributed by atoms with van der Waals surface area (Å²) in [5, 5.41) is 0. The van der Waals surface area contributed by atoms with Gasteiger partial charge in [-0.2, -0.15) is 0 Å². The molecule has 1 aromatic rings. The summed E-state index contributed by atoms with van der Waals surface area (Å²) in [5.41, 5.74) is 1.95. The van der Waals surface area contributed by atoms with Crippen LogP contribution in [-0.4, -0.2) is 37.6 Å². The number of rotatable bonds is 4. The van der Waals surface area contributed by atoms with E-state index in [1.54, 1.807) is 7.11 Å². The third-order valence-electron chi connectivity index (χ3n) is 3.90. The number of carbonyl (C=O) groups is 1. The number of piperidine rings is 1. The minimum absolute atomic E-state index is 0.175. The maximum atomic E-state index is 12.4. The third-order valence-corrected chi connectivity index (χ3v) is 3.90. The molecule has 104 valence electrons. The largest absolute Gasteiger partial charge is 0.385 e. The number of carbonyl (C=O) groups excluding carboxylic acids is 1. The van der Waals surface area contributed by atoms with E-state index < -0.39 is 0 Å². The lowest BCUT2D eigenvalue weighted by atomic mass is 9.93. The van der Waals surface area contributed by atoms with E-state index in [1.165, 1.54) is 0 Å². The molecular formula is C16H23NO2. The highest BCUT2D eigenvalue weighted by atomic mass is 16.5. The van der Waals surface area contributed by atoms with E-state index in [2.05, 4.69) is 0 Å². The molecule has 0 spiro atoms. The molecule has 1 amide bonds. The fraction of sp³-hybridized carbons (Fsp3) is 0.562. The Morgan fingerprint density at radius 1 is 1.37 bits per heavy atom. The molecule has 1 saturated heterocycles. The first-order valence-corrected chi connectivity index (χ1v) is 7.05. The molecule has 0 bridgehead atoms. The predicted octanol–water partition coefficient (Wildman–Crippen LogP) is 2.88. The van der Waals surface area contributed by atoms with Gasteiger partial charge in [0.05, 0.1) is 0 Å². The molecule has 1 fully saturated rings. The fourth-order valence-electron chi connectivity index (χ4n) is 2.67. The van der Waals surface area contributed by atoms with Gasteiger partial charge >= 0.3 is 0 Å². The van der Waals surface area contributed by atoms with Crippen LogP contribution in [0.3, 0.4) is 0 Å². The standard InChI is InChI=1S/C16H23NO2/c1-13-4-3-5-15(12-13)16(18)17-9-6-14(7-10-17)8-11-19-2/h3-5,12,14H,6-11H2,1-2H3. The predicted molar refractivity (Wildman–Crippen MR) is 76.3 cm³/mol. The molecule has 2 rings (SSSR count). The Bertz CT molecular complexity index is 423. The molecule has 0 aliphatic carbocycles. The van der Waals surface area contributed by atoms with Crippen LogP contribution in [0.4, 0.5) is 0 Å². The highest BCUT2D eigenvalue weighted by Crippen LogP contribution is 2.22. The molecule has 0 saturated carbocycles. The van der Waals surface area contributed by atoms with Crippen molar-refractivity contribution in [2.24, 2.45) is 5.92 Å². The Morgan fingerprint density at radius 3 is 2.74 bits per heavy atom. The average molecular weight is 261 g/mol. The molecule has 3 nitrogen and oxygen atoms in total. The van der Waals surface area contributed by atoms with E-state index in [0.717, 1.165) is 50.1 Å². The molecule has 0 N–H and O–H groups in total. The SMILES string of the molecule is COCCC1CCN(C(=O)c2cccc(C)c2)CC1. The van der Waals surface area contributed by atoms with Crippen LogP contribution in [0.5, 0.6) is 0 Å². The number of ether oxygens (including phenoxy) is 1. The molecule has 1 aliphatic rings. The van der Waals surface area contributed by atoms with Crippen molar-refractivity contribution in [3.05, 3.63) is 35.4 Å². The lowest BCUT2D eigenvalue weighted by Crippen LogP contribution is -2.38. The van der Waals surface area contributed by atoms with Crippen LogP contribution < -0.4 is 0 Å². The van der Waals surface area contributed by atoms with Crippen LogP contribution in [0.2, 0.25) is 0 Å². The van der Waals surface area contributed by atoms with Crippen LogP contribution in [0.15, 0.2) is 24.3 Å². The van der Waals surface area contributed by atoms with Crippen molar-refractivity contribution >= 4 is 5.91 Å². The summed E-state index contributed by atoms with van der Waals surface area (Å²) in [4.78, 5) is 14.4. The second-order valence-electron chi connectivity index (χ2n) is 5.39. The summed E-state index contributed by atoms with van der Waals surface area (Å²) in [5.74, 6) is 0.885. The topological polar surface area (TPSA) is 29.5 Å². The van der Waals surface area contributed by atoms with Crippen LogP contribution in [-0.2, 0) is 4.74 Å². The van der Waals surface area contributed by atoms with E-state index in [1.807, 2.05) is 36.1 Å². The smallest absolute Gasteiger partial charge is 0.253 e. The van der Waals surface area contributed by atoms with Crippen molar-refractivity contribution in [1.82, 2.24) is 4.90 Å². The summed E-state index contributed by atoms with van der Waals surface area (Å²) >= 11 is 0. The van der Waals surface area contributed by atoms with Gasteiger partial charge in [0.1, 0.15) is 0 Å². The van der Waals surface area contributed by atoms with Crippen LogP contribution in [0.25, 0.3) is 0 Å². The second-order valence-corrected chi connectivity index (χ2v) is 5.39. The van der Waals surface area contributed by atoms with Gasteiger partial charge in [-0.3, -0.25) is 4.79 Å². The Labute approximate surface area is 115 Å². The zero-order chi connectivity index (χ0) is 13.7. The lowest BCUT2D eigenvalue weighted by molar-refractivity contribution is 0.0669. The minimum Gasteiger partial charge on any atom is -0.385 e. The van der Waals surface area contributed by atoms with Crippen molar-refractivity contribution < 1.29 is 9.53 Å². The monoisotopic (exact) mass is 261 g/mol. The first-order chi connectivity index (χ1) is 9.20. The zero-order valence-electron chi connectivity index (χ0n) is 11.9. The summed E-state index contributed by atoms with van der Waals surface area (Å²) in [6, 6.07) is 7.85. The van der Waals surface area contributed by atoms with E-state index in [9.17, 15) is 4.79 Å². The second kappa shape index (κ2) is 6.71. The number of likely N-dealkylation sites (tertiary alicyclic amines) is 1. The Hall–Kier alpha value is -1.35. The lowest BCUT2D eigenvalue weighted by Gasteiger charge is -2.32. The molecular weight excluding hydrogens is 238 g/mol. The first-order valence-electron chi connectivity index (χ1n) is 7.05. The number of hydrogen-bond acceptors (Lipinski definition) is 2. The summed E-state index contributed by atoms with van der Waals surface area (Å²) < 4.78 is 5.12. The minimum atomic E-state index is 0.175. The number of benzene rings is 1. The Balaban J connectivity index is 1.89. The highest BCUT2D eigenvalue weighted by molar-refractivity contribution is 5.94. The van der Waals surface area contributed by atoms with E-state index >= 15 is 0 Å². The van der Waals surface area contributed by atoms with Crippen molar-refractivity contribution in [3.8, 4) is 0 Å². The van der Waals surface area contributed by atoms with E-state index in [4.69, 9.17) is 4.74 Å². The fourth-order valence-corrected chi connectivity index (χ4v) is 2.67. The van der Waals surface area contributed by atoms with E-state index in [-0.39, 0.29) is 5.91 Å². The normalized spacial score (nSPS) is 16.6. The van der Waals surface area contributed by atoms with Gasteiger partial charge in [-0.15, -0.1) is 0 Å². The van der Waals surface area contributed by atoms with Crippen molar-refractivity contribution in [2.75, 3.05) is 26.8 Å². The number of hydrogen-bond donors (Lipinski definition) is 0. The molecule has 0 atom stereocenters. The molecule has 1 heterocycles. The molecule has 3 heteroatoms. The summed E-state index contributed by atoms with van der Waals surface area (Å²) in [7, 11) is 1.75. The van der Waals surface area contributed by atoms with Gasteiger partial charge in [-0.1, -0.05) is 17.7 Å². The van der Waals surface area contributed by atoms with Crippen molar-refractivity contribution in [3.63, 3.8) is 0 Å². The third kappa shape index (κ3) is 3.80. The first kappa shape index (κ1) is 14.1. The molecule has 0 aromatic heterocycles. The van der Waals surface area contributed by atoms with Gasteiger partial charge in [0, 0.05) is 32.4 Å². The highest BCUT2D eigenvalue weighted by Gasteiger charge is 2.23. The molecule has 0 unspecified atom stereocenters. The summed E-state index contributed by atoms with van der Waals surface area (Å²) in [6.07, 6.45) is 3.31. The van der Waals surface area contributed by atoms with Gasteiger partial charge < -0.3 is 9.64 Å². The van der Waals surface area contributed by atoms with Crippen LogP contribution in [0.1, 0.15) is 35.2 Å². The maximum Gasteiger partial charge on any atom is 0.253 e. The van der Waals surface area contributed by atoms with Gasteiger partial charge in [0.2, 0.25) is 0 Å². The van der Waals surface area contributed by atoms with Gasteiger partial charge in [0.25, 0.3) is 5.91 Å². The average Bonchev–Trinajstić information content (AvgIpc) is 2.45. The Kier molecular flexibility index (Phi) is 4.97. The molecule has 19 heavy (non-hydrogen) atoms. The molecule has 1 aliphatic heterocycles. The van der Waals surface area contributed by atoms with Crippen molar-refractivity contribution in [1.29, 1.82) is 0 Å². The number of nitrogens with zero attached hydrogens (tertiary/aromatic N) is 1. The van der Waals surface area contributed by atoms with E-state index in [0.29, 0.717) is 5.92 Å². The Morgan fingerprint density at radius 2 is 2.11 bits per heavy atom. The van der Waals surface area contributed by atoms with Crippen molar-refractivity contribution in [2.45, 2.75) is 26.2 Å². The molecule has 1 aromatic carbocycles. The summed E-state index contributed by atoms with van der Waals surface area (Å²) in [6.45, 7) is 4.60. The van der Waals surface area contributed by atoms with Gasteiger partial charge in [-0.25, -0.2) is 0 Å². The van der Waals surface area contributed by atoms with Gasteiger partial charge in [0.15, 0.2) is 0 Å². The van der Waals surface area contributed by atoms with Crippen LogP contribution >= 0.6 is 0 Å². The molecule has 0 radical (unpaired) electrons.